The van der Waals surface area contributed by atoms with Gasteiger partial charge in [-0.15, -0.1) is 0 Å². The van der Waals surface area contributed by atoms with Crippen molar-refractivity contribution in [2.75, 3.05) is 23.9 Å². The molecule has 2 aromatic carbocycles. The van der Waals surface area contributed by atoms with Gasteiger partial charge in [0.05, 0.1) is 22.4 Å². The second kappa shape index (κ2) is 10.7. The molecule has 1 aliphatic rings. The highest BCUT2D eigenvalue weighted by Crippen LogP contribution is 2.43. The lowest BCUT2D eigenvalue weighted by atomic mass is 10.0. The van der Waals surface area contributed by atoms with Gasteiger partial charge in [0.2, 0.25) is 5.91 Å². The molecule has 3 heterocycles. The number of pyridine rings is 1. The van der Waals surface area contributed by atoms with E-state index in [1.165, 1.54) is 19.2 Å². The molecule has 10 heteroatoms. The van der Waals surface area contributed by atoms with Gasteiger partial charge in [-0.2, -0.15) is 0 Å². The van der Waals surface area contributed by atoms with Crippen LogP contribution in [-0.4, -0.2) is 34.3 Å². The topological polar surface area (TPSA) is 71.4 Å². The normalized spacial score (nSPS) is 17.1. The third-order valence-electron chi connectivity index (χ3n) is 6.07. The van der Waals surface area contributed by atoms with Crippen LogP contribution in [0.1, 0.15) is 23.5 Å². The number of hydrogen-bond acceptors (Lipinski definition) is 4. The molecule has 0 aliphatic carbocycles. The number of methoxy groups -OCH3 is 1. The van der Waals surface area contributed by atoms with E-state index in [2.05, 4.69) is 15.6 Å². The Kier molecular flexibility index (Phi) is 7.18. The molecule has 0 bridgehead atoms. The van der Waals surface area contributed by atoms with Crippen LogP contribution in [0, 0.1) is 5.82 Å². The van der Waals surface area contributed by atoms with Crippen LogP contribution >= 0.6 is 23.8 Å². The number of hydrogen-bond donors (Lipinski definition) is 2. The van der Waals surface area contributed by atoms with Crippen molar-refractivity contribution in [1.82, 2.24) is 14.9 Å². The maximum Gasteiger partial charge on any atom is 0.250 e. The summed E-state index contributed by atoms with van der Waals surface area (Å²) < 4.78 is 20.5. The Bertz CT molecular complexity index is 1430. The molecule has 0 unspecified atom stereocenters. The molecule has 5 rings (SSSR count). The zero-order valence-corrected chi connectivity index (χ0v) is 21.3. The Morgan fingerprint density at radius 2 is 1.92 bits per heavy atom. The third-order valence-corrected chi connectivity index (χ3v) is 6.69. The Morgan fingerprint density at radius 1 is 1.14 bits per heavy atom. The summed E-state index contributed by atoms with van der Waals surface area (Å²) in [6, 6.07) is 20.8. The molecule has 4 aromatic rings. The number of carbonyl (C=O) groups is 1. The quantitative estimate of drug-likeness (QED) is 0.308. The highest BCUT2D eigenvalue weighted by molar-refractivity contribution is 7.80. The van der Waals surface area contributed by atoms with Crippen molar-refractivity contribution in [2.45, 2.75) is 12.1 Å². The van der Waals surface area contributed by atoms with Gasteiger partial charge in [0.25, 0.3) is 0 Å². The van der Waals surface area contributed by atoms with Gasteiger partial charge in [0.15, 0.2) is 5.11 Å². The smallest absolute Gasteiger partial charge is 0.250 e. The van der Waals surface area contributed by atoms with E-state index in [4.69, 9.17) is 28.6 Å². The molecule has 2 aromatic heterocycles. The van der Waals surface area contributed by atoms with Crippen LogP contribution in [0.5, 0.6) is 0 Å². The molecule has 0 radical (unpaired) electrons. The Hall–Kier alpha value is -3.79. The van der Waals surface area contributed by atoms with E-state index in [0.29, 0.717) is 15.8 Å². The molecule has 1 saturated heterocycles. The average Bonchev–Trinajstić information content (AvgIpc) is 3.51. The Balaban J connectivity index is 1.58. The number of aromatic nitrogens is 2. The van der Waals surface area contributed by atoms with Crippen LogP contribution in [-0.2, 0) is 9.53 Å². The van der Waals surface area contributed by atoms with Gasteiger partial charge in [-0.25, -0.2) is 4.39 Å². The first-order valence-corrected chi connectivity index (χ1v) is 12.3. The fourth-order valence-corrected chi connectivity index (χ4v) is 5.05. The number of anilines is 2. The van der Waals surface area contributed by atoms with Gasteiger partial charge >= 0.3 is 0 Å². The van der Waals surface area contributed by atoms with Crippen molar-refractivity contribution in [3.8, 4) is 5.69 Å². The van der Waals surface area contributed by atoms with Crippen molar-refractivity contribution in [3.63, 3.8) is 0 Å². The predicted molar refractivity (Wildman–Crippen MR) is 146 cm³/mol. The lowest BCUT2D eigenvalue weighted by Gasteiger charge is -2.29. The number of nitrogens with one attached hydrogen (secondary N) is 2. The number of ether oxygens (including phenoxy) is 1. The van der Waals surface area contributed by atoms with E-state index in [1.807, 2.05) is 52.1 Å². The first kappa shape index (κ1) is 24.9. The molecule has 1 fully saturated rings. The Morgan fingerprint density at radius 3 is 2.62 bits per heavy atom. The summed E-state index contributed by atoms with van der Waals surface area (Å²) in [5.41, 5.74) is 3.76. The fraction of sp³-hybridized carbons (Fsp3) is 0.148. The molecule has 1 aliphatic heterocycles. The van der Waals surface area contributed by atoms with Gasteiger partial charge in [-0.1, -0.05) is 17.7 Å². The lowest BCUT2D eigenvalue weighted by Crippen LogP contribution is -2.30. The number of nitrogens with zero attached hydrogens (tertiary/aromatic N) is 3. The van der Waals surface area contributed by atoms with Gasteiger partial charge in [-0.3, -0.25) is 9.78 Å². The summed E-state index contributed by atoms with van der Waals surface area (Å²) in [6.07, 6.45) is 3.67. The molecular weight excluding hydrogens is 513 g/mol. The van der Waals surface area contributed by atoms with E-state index in [0.717, 1.165) is 22.8 Å². The summed E-state index contributed by atoms with van der Waals surface area (Å²) in [7, 11) is 1.45. The summed E-state index contributed by atoms with van der Waals surface area (Å²) in [5.74, 6) is -0.609. The van der Waals surface area contributed by atoms with Crippen LogP contribution in [0.15, 0.2) is 85.2 Å². The van der Waals surface area contributed by atoms with E-state index in [1.54, 1.807) is 30.5 Å². The Labute approximate surface area is 223 Å². The maximum atomic E-state index is 13.6. The summed E-state index contributed by atoms with van der Waals surface area (Å²) in [4.78, 5) is 18.6. The molecule has 188 valence electrons. The number of benzene rings is 2. The highest BCUT2D eigenvalue weighted by Gasteiger charge is 2.42. The molecule has 2 atom stereocenters. The standard InChI is InChI=1S/C27H23ClFN5O2S/c1-36-16-24(35)31-21-12-11-19(15-20(21)28)34-26(25(32-27(34)37)22-5-2-3-13-30-22)23-6-4-14-33(23)18-9-7-17(29)8-10-18/h2-15,25-26H,16H2,1H3,(H,31,35)(H,32,37)/t25-,26+/m0/s1. The molecule has 0 saturated carbocycles. The number of rotatable bonds is 7. The van der Waals surface area contributed by atoms with E-state index < -0.39 is 0 Å². The average molecular weight is 536 g/mol. The number of amides is 1. The minimum Gasteiger partial charge on any atom is -0.375 e. The molecule has 0 spiro atoms. The lowest BCUT2D eigenvalue weighted by molar-refractivity contribution is -0.119. The minimum absolute atomic E-state index is 0.0770. The number of thiocarbonyl (C=S) groups is 1. The van der Waals surface area contributed by atoms with E-state index >= 15 is 0 Å². The van der Waals surface area contributed by atoms with Gasteiger partial charge in [0.1, 0.15) is 18.5 Å². The van der Waals surface area contributed by atoms with Crippen LogP contribution in [0.4, 0.5) is 15.8 Å². The number of halogens is 2. The van der Waals surface area contributed by atoms with E-state index in [-0.39, 0.29) is 30.4 Å². The largest absolute Gasteiger partial charge is 0.375 e. The maximum absolute atomic E-state index is 13.6. The second-order valence-electron chi connectivity index (χ2n) is 8.42. The van der Waals surface area contributed by atoms with Crippen LogP contribution in [0.3, 0.4) is 0 Å². The predicted octanol–water partition coefficient (Wildman–Crippen LogP) is 5.43. The first-order valence-electron chi connectivity index (χ1n) is 11.5. The first-order chi connectivity index (χ1) is 18.0. The van der Waals surface area contributed by atoms with Crippen LogP contribution < -0.4 is 15.5 Å². The second-order valence-corrected chi connectivity index (χ2v) is 9.22. The van der Waals surface area contributed by atoms with Crippen LogP contribution in [0.25, 0.3) is 5.69 Å². The molecule has 2 N–H and O–H groups in total. The van der Waals surface area contributed by atoms with Crippen LogP contribution in [0.2, 0.25) is 5.02 Å². The molecule has 37 heavy (non-hydrogen) atoms. The van der Waals surface area contributed by atoms with Crippen molar-refractivity contribution < 1.29 is 13.9 Å². The fourth-order valence-electron chi connectivity index (χ4n) is 4.48. The minimum atomic E-state index is -0.313. The summed E-state index contributed by atoms with van der Waals surface area (Å²) in [5, 5.41) is 7.02. The van der Waals surface area contributed by atoms with Crippen molar-refractivity contribution in [1.29, 1.82) is 0 Å². The summed E-state index contributed by atoms with van der Waals surface area (Å²) in [6.45, 7) is -0.0770. The SMILES string of the molecule is COCC(=O)Nc1ccc(N2C(=S)N[C@@H](c3ccccn3)[C@H]2c2cccn2-c2ccc(F)cc2)cc1Cl. The van der Waals surface area contributed by atoms with Crippen molar-refractivity contribution >= 4 is 46.2 Å². The molecule has 7 nitrogen and oxygen atoms in total. The van der Waals surface area contributed by atoms with Gasteiger partial charge in [0, 0.05) is 36.6 Å². The van der Waals surface area contributed by atoms with Crippen molar-refractivity contribution in [2.24, 2.45) is 0 Å². The molecular formula is C27H23ClFN5O2S. The van der Waals surface area contributed by atoms with E-state index in [9.17, 15) is 9.18 Å². The van der Waals surface area contributed by atoms with Gasteiger partial charge in [-0.05, 0) is 78.9 Å². The van der Waals surface area contributed by atoms with Crippen molar-refractivity contribution in [3.05, 3.63) is 107 Å². The monoisotopic (exact) mass is 535 g/mol. The number of carbonyl (C=O) groups excluding carboxylic acids is 1. The third kappa shape index (κ3) is 5.06. The zero-order chi connectivity index (χ0) is 25.9. The zero-order valence-electron chi connectivity index (χ0n) is 19.8. The molecule has 1 amide bonds. The highest BCUT2D eigenvalue weighted by atomic mass is 35.5. The van der Waals surface area contributed by atoms with Gasteiger partial charge < -0.3 is 24.8 Å². The summed E-state index contributed by atoms with van der Waals surface area (Å²) >= 11 is 12.4.